The van der Waals surface area contributed by atoms with E-state index in [4.69, 9.17) is 16.6 Å². The van der Waals surface area contributed by atoms with Crippen LogP contribution in [-0.4, -0.2) is 59.9 Å². The predicted octanol–water partition coefficient (Wildman–Crippen LogP) is -3.60. The molecule has 0 saturated heterocycles. The van der Waals surface area contributed by atoms with Crippen molar-refractivity contribution in [1.82, 2.24) is 16.0 Å². The summed E-state index contributed by atoms with van der Waals surface area (Å²) in [7, 11) is 0. The Bertz CT molecular complexity index is 481. The number of carboxylic acid groups (broad SMARTS) is 1. The fourth-order valence-corrected chi connectivity index (χ4v) is 1.37. The standard InChI is InChI=1S/C12H21N5O6/c1-6(17-12(23)7(13)2-3-8(14)18)11(22)16-4-9(19)15-5-10(20)21/h6-7H,2-5,13H2,1H3,(H2,14,18)(H,15,19)(H,16,22)(H,17,23)(H,20,21). The summed E-state index contributed by atoms with van der Waals surface area (Å²) < 4.78 is 0. The average Bonchev–Trinajstić information content (AvgIpc) is 2.47. The summed E-state index contributed by atoms with van der Waals surface area (Å²) in [4.78, 5) is 55.4. The third kappa shape index (κ3) is 9.79. The molecule has 0 spiro atoms. The van der Waals surface area contributed by atoms with Crippen LogP contribution >= 0.6 is 0 Å². The summed E-state index contributed by atoms with van der Waals surface area (Å²) >= 11 is 0. The van der Waals surface area contributed by atoms with E-state index in [-0.39, 0.29) is 12.8 Å². The third-order valence-electron chi connectivity index (χ3n) is 2.65. The maximum atomic E-state index is 11.7. The Balaban J connectivity index is 4.14. The largest absolute Gasteiger partial charge is 0.480 e. The van der Waals surface area contributed by atoms with Crippen LogP contribution in [0.15, 0.2) is 0 Å². The van der Waals surface area contributed by atoms with Gasteiger partial charge in [-0.3, -0.25) is 24.0 Å². The van der Waals surface area contributed by atoms with Crippen LogP contribution in [0.3, 0.4) is 0 Å². The molecule has 0 saturated carbocycles. The molecule has 0 aliphatic carbocycles. The summed E-state index contributed by atoms with van der Waals surface area (Å²) in [5.41, 5.74) is 10.5. The summed E-state index contributed by atoms with van der Waals surface area (Å²) in [6.07, 6.45) is -0.00792. The molecule has 8 N–H and O–H groups in total. The van der Waals surface area contributed by atoms with E-state index in [9.17, 15) is 24.0 Å². The smallest absolute Gasteiger partial charge is 0.322 e. The molecule has 4 amide bonds. The number of amides is 4. The van der Waals surface area contributed by atoms with E-state index in [0.717, 1.165) is 0 Å². The Hall–Kier alpha value is -2.69. The van der Waals surface area contributed by atoms with Crippen LogP contribution in [0.4, 0.5) is 0 Å². The van der Waals surface area contributed by atoms with Gasteiger partial charge >= 0.3 is 5.97 Å². The fourth-order valence-electron chi connectivity index (χ4n) is 1.37. The highest BCUT2D eigenvalue weighted by Crippen LogP contribution is 1.95. The molecule has 0 aliphatic heterocycles. The second-order valence-electron chi connectivity index (χ2n) is 4.73. The normalized spacial score (nSPS) is 12.6. The van der Waals surface area contributed by atoms with E-state index >= 15 is 0 Å². The Morgan fingerprint density at radius 1 is 1.04 bits per heavy atom. The molecule has 2 unspecified atom stereocenters. The quantitative estimate of drug-likeness (QED) is 0.238. The van der Waals surface area contributed by atoms with Crippen LogP contribution in [-0.2, 0) is 24.0 Å². The molecule has 130 valence electrons. The highest BCUT2D eigenvalue weighted by atomic mass is 16.4. The van der Waals surface area contributed by atoms with E-state index in [0.29, 0.717) is 0 Å². The monoisotopic (exact) mass is 331 g/mol. The third-order valence-corrected chi connectivity index (χ3v) is 2.65. The highest BCUT2D eigenvalue weighted by Gasteiger charge is 2.20. The van der Waals surface area contributed by atoms with E-state index in [1.54, 1.807) is 0 Å². The number of primary amides is 1. The van der Waals surface area contributed by atoms with Crippen molar-refractivity contribution in [2.75, 3.05) is 13.1 Å². The Morgan fingerprint density at radius 3 is 2.17 bits per heavy atom. The molecule has 11 nitrogen and oxygen atoms in total. The maximum absolute atomic E-state index is 11.7. The second-order valence-corrected chi connectivity index (χ2v) is 4.73. The van der Waals surface area contributed by atoms with Crippen molar-refractivity contribution < 1.29 is 29.1 Å². The molecular weight excluding hydrogens is 310 g/mol. The number of nitrogens with two attached hydrogens (primary N) is 2. The fraction of sp³-hybridized carbons (Fsp3) is 0.583. The lowest BCUT2D eigenvalue weighted by molar-refractivity contribution is -0.138. The second kappa shape index (κ2) is 10.1. The van der Waals surface area contributed by atoms with E-state index in [1.807, 2.05) is 0 Å². The summed E-state index contributed by atoms with van der Waals surface area (Å²) in [5, 5.41) is 15.0. The van der Waals surface area contributed by atoms with Crippen LogP contribution in [0.25, 0.3) is 0 Å². The molecule has 0 heterocycles. The summed E-state index contributed by atoms with van der Waals surface area (Å²) in [6.45, 7) is 0.388. The van der Waals surface area contributed by atoms with Crippen molar-refractivity contribution >= 4 is 29.6 Å². The summed E-state index contributed by atoms with van der Waals surface area (Å²) in [6, 6.07) is -1.95. The SMILES string of the molecule is CC(NC(=O)C(N)CCC(N)=O)C(=O)NCC(=O)NCC(=O)O. The van der Waals surface area contributed by atoms with Gasteiger partial charge in [-0.25, -0.2) is 0 Å². The minimum atomic E-state index is -1.21. The van der Waals surface area contributed by atoms with Gasteiger partial charge < -0.3 is 32.5 Å². The van der Waals surface area contributed by atoms with E-state index in [2.05, 4.69) is 16.0 Å². The van der Waals surface area contributed by atoms with Gasteiger partial charge in [-0.1, -0.05) is 0 Å². The lowest BCUT2D eigenvalue weighted by atomic mass is 10.1. The first-order valence-electron chi connectivity index (χ1n) is 6.74. The van der Waals surface area contributed by atoms with Crippen LogP contribution in [0.1, 0.15) is 19.8 Å². The van der Waals surface area contributed by atoms with Crippen molar-refractivity contribution in [3.8, 4) is 0 Å². The van der Waals surface area contributed by atoms with Gasteiger partial charge in [-0.05, 0) is 13.3 Å². The highest BCUT2D eigenvalue weighted by molar-refractivity contribution is 5.92. The maximum Gasteiger partial charge on any atom is 0.322 e. The Labute approximate surface area is 132 Å². The van der Waals surface area contributed by atoms with E-state index < -0.39 is 54.8 Å². The molecule has 0 bridgehead atoms. The lowest BCUT2D eigenvalue weighted by Crippen LogP contribution is -2.51. The number of rotatable bonds is 10. The zero-order chi connectivity index (χ0) is 18.0. The molecule has 0 aliphatic rings. The van der Waals surface area contributed by atoms with Crippen molar-refractivity contribution in [2.45, 2.75) is 31.8 Å². The van der Waals surface area contributed by atoms with Gasteiger partial charge in [-0.15, -0.1) is 0 Å². The zero-order valence-electron chi connectivity index (χ0n) is 12.6. The van der Waals surface area contributed by atoms with Gasteiger partial charge in [0.15, 0.2) is 0 Å². The average molecular weight is 331 g/mol. The Morgan fingerprint density at radius 2 is 1.65 bits per heavy atom. The molecule has 11 heteroatoms. The molecular formula is C12H21N5O6. The zero-order valence-corrected chi connectivity index (χ0v) is 12.6. The number of carbonyl (C=O) groups excluding carboxylic acids is 4. The molecule has 0 aromatic rings. The molecule has 2 atom stereocenters. The number of carbonyl (C=O) groups is 5. The van der Waals surface area contributed by atoms with Gasteiger partial charge in [-0.2, -0.15) is 0 Å². The molecule has 0 rings (SSSR count). The lowest BCUT2D eigenvalue weighted by Gasteiger charge is -2.17. The Kier molecular flexibility index (Phi) is 8.92. The van der Waals surface area contributed by atoms with Gasteiger partial charge in [0, 0.05) is 6.42 Å². The molecule has 23 heavy (non-hydrogen) atoms. The number of hydrogen-bond donors (Lipinski definition) is 6. The number of carboxylic acids is 1. The van der Waals surface area contributed by atoms with E-state index in [1.165, 1.54) is 6.92 Å². The topological polar surface area (TPSA) is 194 Å². The van der Waals surface area contributed by atoms with Crippen molar-refractivity contribution in [3.05, 3.63) is 0 Å². The molecule has 0 aromatic heterocycles. The van der Waals surface area contributed by atoms with Crippen LogP contribution in [0, 0.1) is 0 Å². The molecule has 0 fully saturated rings. The van der Waals surface area contributed by atoms with Gasteiger partial charge in [0.1, 0.15) is 12.6 Å². The van der Waals surface area contributed by atoms with Gasteiger partial charge in [0.05, 0.1) is 12.6 Å². The predicted molar refractivity (Wildman–Crippen MR) is 77.7 cm³/mol. The minimum absolute atomic E-state index is 0.0487. The first-order valence-corrected chi connectivity index (χ1v) is 6.74. The van der Waals surface area contributed by atoms with Gasteiger partial charge in [0.2, 0.25) is 23.6 Å². The van der Waals surface area contributed by atoms with Crippen molar-refractivity contribution in [1.29, 1.82) is 0 Å². The van der Waals surface area contributed by atoms with Crippen LogP contribution in [0.5, 0.6) is 0 Å². The van der Waals surface area contributed by atoms with Crippen LogP contribution < -0.4 is 27.4 Å². The first kappa shape index (κ1) is 20.3. The number of aliphatic carboxylic acids is 1. The number of hydrogen-bond acceptors (Lipinski definition) is 6. The van der Waals surface area contributed by atoms with Crippen molar-refractivity contribution in [2.24, 2.45) is 11.5 Å². The molecule has 0 radical (unpaired) electrons. The molecule has 0 aromatic carbocycles. The first-order chi connectivity index (χ1) is 10.6. The minimum Gasteiger partial charge on any atom is -0.480 e. The van der Waals surface area contributed by atoms with Crippen molar-refractivity contribution in [3.63, 3.8) is 0 Å². The summed E-state index contributed by atoms with van der Waals surface area (Å²) in [5.74, 6) is -3.77. The van der Waals surface area contributed by atoms with Gasteiger partial charge in [0.25, 0.3) is 0 Å². The number of nitrogens with one attached hydrogen (secondary N) is 3. The van der Waals surface area contributed by atoms with Crippen LogP contribution in [0.2, 0.25) is 0 Å².